The van der Waals surface area contributed by atoms with Crippen LogP contribution in [-0.4, -0.2) is 38.6 Å². The molecule has 3 aromatic rings. The smallest absolute Gasteiger partial charge is 0.257 e. The molecule has 2 heterocycles. The average Bonchev–Trinajstić information content (AvgIpc) is 3.28. The van der Waals surface area contributed by atoms with E-state index in [9.17, 15) is 18.0 Å². The molecule has 1 aliphatic rings. The van der Waals surface area contributed by atoms with Crippen molar-refractivity contribution in [1.29, 1.82) is 0 Å². The zero-order valence-electron chi connectivity index (χ0n) is 17.3. The van der Waals surface area contributed by atoms with Crippen LogP contribution in [0.2, 0.25) is 0 Å². The summed E-state index contributed by atoms with van der Waals surface area (Å²) in [5, 5.41) is 5.41. The van der Waals surface area contributed by atoms with Crippen LogP contribution in [0.3, 0.4) is 0 Å². The molecule has 3 N–H and O–H groups in total. The number of amides is 2. The third-order valence-electron chi connectivity index (χ3n) is 4.67. The van der Waals surface area contributed by atoms with Crippen molar-refractivity contribution in [2.45, 2.75) is 11.3 Å². The minimum atomic E-state index is -3.77. The fourth-order valence-corrected chi connectivity index (χ4v) is 4.06. The predicted molar refractivity (Wildman–Crippen MR) is 120 cm³/mol. The Hall–Kier alpha value is -3.96. The van der Waals surface area contributed by atoms with E-state index in [4.69, 9.17) is 9.47 Å². The van der Waals surface area contributed by atoms with Crippen molar-refractivity contribution in [3.8, 4) is 11.5 Å². The molecular formula is C22H20N4O6S. The molecule has 0 saturated heterocycles. The Morgan fingerprint density at radius 3 is 2.61 bits per heavy atom. The van der Waals surface area contributed by atoms with Crippen LogP contribution < -0.4 is 24.8 Å². The van der Waals surface area contributed by atoms with E-state index < -0.39 is 21.8 Å². The van der Waals surface area contributed by atoms with Gasteiger partial charge in [0.05, 0.1) is 11.3 Å². The molecule has 0 atom stereocenters. The van der Waals surface area contributed by atoms with Crippen LogP contribution in [0.15, 0.2) is 71.9 Å². The normalized spacial score (nSPS) is 12.2. The summed E-state index contributed by atoms with van der Waals surface area (Å²) < 4.78 is 37.3. The van der Waals surface area contributed by atoms with Crippen molar-refractivity contribution < 1.29 is 27.5 Å². The second-order valence-corrected chi connectivity index (χ2v) is 8.72. The Bertz CT molecular complexity index is 1280. The molecule has 2 amide bonds. The molecule has 11 heteroatoms. The quantitative estimate of drug-likeness (QED) is 0.462. The number of benzene rings is 2. The molecule has 0 bridgehead atoms. The molecule has 0 spiro atoms. The lowest BCUT2D eigenvalue weighted by Crippen LogP contribution is -2.28. The number of hydrogen-bond donors (Lipinski definition) is 3. The van der Waals surface area contributed by atoms with Crippen LogP contribution >= 0.6 is 0 Å². The van der Waals surface area contributed by atoms with E-state index in [2.05, 4.69) is 20.3 Å². The van der Waals surface area contributed by atoms with Gasteiger partial charge in [0.1, 0.15) is 4.90 Å². The van der Waals surface area contributed by atoms with E-state index in [-0.39, 0.29) is 30.2 Å². The van der Waals surface area contributed by atoms with Gasteiger partial charge in [0.15, 0.2) is 11.5 Å². The van der Waals surface area contributed by atoms with Crippen LogP contribution in [0.1, 0.15) is 16.8 Å². The molecule has 170 valence electrons. The van der Waals surface area contributed by atoms with Crippen LogP contribution in [-0.2, 0) is 14.8 Å². The van der Waals surface area contributed by atoms with Gasteiger partial charge in [-0.05, 0) is 36.4 Å². The summed E-state index contributed by atoms with van der Waals surface area (Å²) in [6.07, 6.45) is 2.56. The van der Waals surface area contributed by atoms with Gasteiger partial charge in [-0.25, -0.2) is 13.1 Å². The third kappa shape index (κ3) is 5.45. The molecule has 0 saturated carbocycles. The van der Waals surface area contributed by atoms with Crippen molar-refractivity contribution in [2.75, 3.05) is 24.0 Å². The molecule has 0 fully saturated rings. The highest BCUT2D eigenvalue weighted by atomic mass is 32.2. The fourth-order valence-electron chi connectivity index (χ4n) is 3.06. The first kappa shape index (κ1) is 22.2. The largest absolute Gasteiger partial charge is 0.454 e. The van der Waals surface area contributed by atoms with Crippen LogP contribution in [0.4, 0.5) is 11.4 Å². The lowest BCUT2D eigenvalue weighted by molar-refractivity contribution is -0.116. The first-order valence-electron chi connectivity index (χ1n) is 9.92. The molecular weight excluding hydrogens is 448 g/mol. The summed E-state index contributed by atoms with van der Waals surface area (Å²) in [6, 6.07) is 14.5. The van der Waals surface area contributed by atoms with Crippen molar-refractivity contribution >= 4 is 33.2 Å². The third-order valence-corrected chi connectivity index (χ3v) is 6.11. The van der Waals surface area contributed by atoms with E-state index in [1.165, 1.54) is 24.5 Å². The van der Waals surface area contributed by atoms with E-state index in [1.807, 2.05) is 0 Å². The highest BCUT2D eigenvalue weighted by Crippen LogP contribution is 2.34. The molecule has 4 rings (SSSR count). The highest BCUT2D eigenvalue weighted by molar-refractivity contribution is 7.89. The number of carbonyl (C=O) groups is 2. The summed E-state index contributed by atoms with van der Waals surface area (Å²) in [4.78, 5) is 28.9. The number of para-hydroxylation sites is 1. The Labute approximate surface area is 190 Å². The average molecular weight is 468 g/mol. The molecule has 1 aliphatic heterocycles. The number of nitrogens with one attached hydrogen (secondary N) is 3. The number of rotatable bonds is 8. The van der Waals surface area contributed by atoms with Gasteiger partial charge in [0.2, 0.25) is 22.7 Å². The van der Waals surface area contributed by atoms with Gasteiger partial charge in [-0.2, -0.15) is 0 Å². The molecule has 1 aromatic heterocycles. The molecule has 10 nitrogen and oxygen atoms in total. The van der Waals surface area contributed by atoms with Gasteiger partial charge >= 0.3 is 0 Å². The van der Waals surface area contributed by atoms with E-state index >= 15 is 0 Å². The maximum Gasteiger partial charge on any atom is 0.257 e. The number of anilines is 2. The molecule has 0 aliphatic carbocycles. The predicted octanol–water partition coefficient (Wildman–Crippen LogP) is 2.37. The summed E-state index contributed by atoms with van der Waals surface area (Å²) >= 11 is 0. The van der Waals surface area contributed by atoms with Gasteiger partial charge in [-0.3, -0.25) is 14.6 Å². The van der Waals surface area contributed by atoms with Crippen LogP contribution in [0.5, 0.6) is 11.5 Å². The Balaban J connectivity index is 1.36. The van der Waals surface area contributed by atoms with Gasteiger partial charge in [-0.15, -0.1) is 0 Å². The maximum atomic E-state index is 12.8. The molecule has 33 heavy (non-hydrogen) atoms. The van der Waals surface area contributed by atoms with E-state index in [1.54, 1.807) is 42.5 Å². The zero-order chi connectivity index (χ0) is 23.3. The lowest BCUT2D eigenvalue weighted by Gasteiger charge is -2.12. The van der Waals surface area contributed by atoms with Gasteiger partial charge in [-0.1, -0.05) is 12.1 Å². The topological polar surface area (TPSA) is 136 Å². The number of hydrogen-bond acceptors (Lipinski definition) is 7. The Morgan fingerprint density at radius 1 is 0.970 bits per heavy atom. The first-order chi connectivity index (χ1) is 15.9. The van der Waals surface area contributed by atoms with Crippen LogP contribution in [0.25, 0.3) is 0 Å². The minimum Gasteiger partial charge on any atom is -0.454 e. The fraction of sp³-hybridized carbons (Fsp3) is 0.136. The number of nitrogens with zero attached hydrogens (tertiary/aromatic N) is 1. The summed E-state index contributed by atoms with van der Waals surface area (Å²) in [6.45, 7) is 0.00855. The summed E-state index contributed by atoms with van der Waals surface area (Å²) in [5.74, 6) is 0.247. The maximum absolute atomic E-state index is 12.8. The van der Waals surface area contributed by atoms with Gasteiger partial charge in [0.25, 0.3) is 5.91 Å². The zero-order valence-corrected chi connectivity index (χ0v) is 18.1. The van der Waals surface area contributed by atoms with Crippen molar-refractivity contribution in [3.63, 3.8) is 0 Å². The number of ether oxygens (including phenoxy) is 2. The highest BCUT2D eigenvalue weighted by Gasteiger charge is 2.18. The second kappa shape index (κ2) is 9.67. The first-order valence-corrected chi connectivity index (χ1v) is 11.4. The van der Waals surface area contributed by atoms with Gasteiger partial charge in [0, 0.05) is 37.1 Å². The summed E-state index contributed by atoms with van der Waals surface area (Å²) in [7, 11) is -3.77. The van der Waals surface area contributed by atoms with Crippen molar-refractivity contribution in [3.05, 3.63) is 72.6 Å². The molecule has 0 unspecified atom stereocenters. The number of sulfonamides is 1. The van der Waals surface area contributed by atoms with Crippen LogP contribution in [0, 0.1) is 0 Å². The second-order valence-electron chi connectivity index (χ2n) is 6.95. The number of carbonyl (C=O) groups excluding carboxylic acids is 2. The number of fused-ring (bicyclic) bond motifs is 1. The van der Waals surface area contributed by atoms with E-state index in [0.717, 1.165) is 0 Å². The van der Waals surface area contributed by atoms with Gasteiger partial charge < -0.3 is 20.1 Å². The molecule has 2 aromatic carbocycles. The standard InChI is InChI=1S/C22H20N4O6S/c27-21(9-11-24-33(29,30)16-4-3-10-23-13-16)26-18-6-2-1-5-17(18)22(28)25-15-7-8-19-20(12-15)32-14-31-19/h1-8,10,12-13,24H,9,11,14H2,(H,25,28)(H,26,27). The summed E-state index contributed by atoms with van der Waals surface area (Å²) in [5.41, 5.74) is 1.06. The Morgan fingerprint density at radius 2 is 1.79 bits per heavy atom. The Kier molecular flexibility index (Phi) is 6.52. The number of aromatic nitrogens is 1. The number of pyridine rings is 1. The minimum absolute atomic E-state index is 0.0101. The van der Waals surface area contributed by atoms with E-state index in [0.29, 0.717) is 22.9 Å². The lowest BCUT2D eigenvalue weighted by atomic mass is 10.1. The molecule has 0 radical (unpaired) electrons. The van der Waals surface area contributed by atoms with Crippen molar-refractivity contribution in [2.24, 2.45) is 0 Å². The van der Waals surface area contributed by atoms with Crippen molar-refractivity contribution in [1.82, 2.24) is 9.71 Å². The SMILES string of the molecule is O=C(CCNS(=O)(=O)c1cccnc1)Nc1ccccc1C(=O)Nc1ccc2c(c1)OCO2. The monoisotopic (exact) mass is 468 g/mol.